The molecule has 6 nitrogen and oxygen atoms in total. The Kier molecular flexibility index (Phi) is 5.74. The molecule has 2 N–H and O–H groups in total. The van der Waals surface area contributed by atoms with E-state index in [-0.39, 0.29) is 36.0 Å². The number of rotatable bonds is 7. The Labute approximate surface area is 188 Å². The quantitative estimate of drug-likeness (QED) is 0.704. The second-order valence-corrected chi connectivity index (χ2v) is 9.38. The monoisotopic (exact) mass is 433 g/mol. The molecule has 2 aromatic rings. The summed E-state index contributed by atoms with van der Waals surface area (Å²) in [5.74, 6) is 0.404. The highest BCUT2D eigenvalue weighted by atomic mass is 16.3. The molecule has 32 heavy (non-hydrogen) atoms. The van der Waals surface area contributed by atoms with Crippen LogP contribution in [0.25, 0.3) is 6.08 Å². The zero-order valence-corrected chi connectivity index (χ0v) is 18.5. The van der Waals surface area contributed by atoms with Crippen molar-refractivity contribution in [3.8, 4) is 0 Å². The maximum absolute atomic E-state index is 13.4. The molecule has 6 heteroatoms. The summed E-state index contributed by atoms with van der Waals surface area (Å²) >= 11 is 0. The number of nitrogens with zero attached hydrogens (tertiary/aromatic N) is 2. The van der Waals surface area contributed by atoms with Gasteiger partial charge >= 0.3 is 0 Å². The number of aliphatic hydroxyl groups is 1. The molecule has 1 amide bonds. The second-order valence-electron chi connectivity index (χ2n) is 9.38. The first-order chi connectivity index (χ1) is 15.6. The first-order valence-electron chi connectivity index (χ1n) is 11.7. The van der Waals surface area contributed by atoms with E-state index in [0.717, 1.165) is 11.3 Å². The van der Waals surface area contributed by atoms with Gasteiger partial charge in [0.2, 0.25) is 5.91 Å². The third-order valence-corrected chi connectivity index (χ3v) is 7.31. The summed E-state index contributed by atoms with van der Waals surface area (Å²) in [6, 6.07) is 13.6. The number of allylic oxidation sites excluding steroid dienone is 1. The van der Waals surface area contributed by atoms with Gasteiger partial charge in [-0.25, -0.2) is 0 Å². The highest BCUT2D eigenvalue weighted by Crippen LogP contribution is 2.49. The minimum atomic E-state index is -0.409. The fourth-order valence-corrected chi connectivity index (χ4v) is 5.57. The minimum Gasteiger partial charge on any atom is -0.396 e. The molecular weight excluding hydrogens is 402 g/mol. The SMILES string of the molecule is C/C=C/c1ccc2n(c1=O)C[C@H]1[C@H](CO)[C@@H](C(=O)NCC3CC3)N(Cc3ccccc3)[C@@H]21. The number of amides is 1. The van der Waals surface area contributed by atoms with Crippen molar-refractivity contribution in [3.63, 3.8) is 0 Å². The van der Waals surface area contributed by atoms with Crippen molar-refractivity contribution in [1.29, 1.82) is 0 Å². The topological polar surface area (TPSA) is 74.6 Å². The molecule has 0 bridgehead atoms. The van der Waals surface area contributed by atoms with Crippen molar-refractivity contribution in [3.05, 3.63) is 75.7 Å². The van der Waals surface area contributed by atoms with Crippen molar-refractivity contribution in [2.24, 2.45) is 17.8 Å². The number of hydrogen-bond donors (Lipinski definition) is 2. The summed E-state index contributed by atoms with van der Waals surface area (Å²) in [6.07, 6.45) is 6.07. The van der Waals surface area contributed by atoms with Crippen LogP contribution in [0.3, 0.4) is 0 Å². The number of nitrogens with one attached hydrogen (secondary N) is 1. The van der Waals surface area contributed by atoms with Gasteiger partial charge in [0.25, 0.3) is 5.56 Å². The van der Waals surface area contributed by atoms with E-state index in [1.54, 1.807) is 0 Å². The molecule has 3 heterocycles. The van der Waals surface area contributed by atoms with Crippen LogP contribution in [0, 0.1) is 17.8 Å². The summed E-state index contributed by atoms with van der Waals surface area (Å²) in [5.41, 5.74) is 2.74. The van der Waals surface area contributed by atoms with E-state index in [4.69, 9.17) is 0 Å². The largest absolute Gasteiger partial charge is 0.396 e. The van der Waals surface area contributed by atoms with E-state index in [1.165, 1.54) is 12.8 Å². The van der Waals surface area contributed by atoms with E-state index in [1.807, 2.05) is 54.0 Å². The van der Waals surface area contributed by atoms with Crippen molar-refractivity contribution in [1.82, 2.24) is 14.8 Å². The van der Waals surface area contributed by atoms with Gasteiger partial charge in [-0.05, 0) is 43.4 Å². The summed E-state index contributed by atoms with van der Waals surface area (Å²) in [6.45, 7) is 3.68. The molecule has 0 radical (unpaired) electrons. The molecule has 1 saturated heterocycles. The Bertz CT molecular complexity index is 1070. The van der Waals surface area contributed by atoms with Gasteiger partial charge in [0.05, 0.1) is 12.1 Å². The van der Waals surface area contributed by atoms with Crippen LogP contribution in [0.5, 0.6) is 0 Å². The molecule has 1 saturated carbocycles. The Morgan fingerprint density at radius 2 is 1.97 bits per heavy atom. The lowest BCUT2D eigenvalue weighted by Crippen LogP contribution is -2.48. The average molecular weight is 434 g/mol. The highest BCUT2D eigenvalue weighted by Gasteiger charge is 2.55. The first kappa shape index (κ1) is 21.2. The minimum absolute atomic E-state index is 0.000662. The van der Waals surface area contributed by atoms with E-state index >= 15 is 0 Å². The van der Waals surface area contributed by atoms with Crippen LogP contribution in [0.4, 0.5) is 0 Å². The van der Waals surface area contributed by atoms with Crippen molar-refractivity contribution < 1.29 is 9.90 Å². The van der Waals surface area contributed by atoms with Crippen molar-refractivity contribution in [2.45, 2.75) is 44.9 Å². The normalized spacial score (nSPS) is 26.9. The fraction of sp³-hybridized carbons (Fsp3) is 0.462. The molecule has 1 aliphatic carbocycles. The average Bonchev–Trinajstić information content (AvgIpc) is 3.48. The molecule has 168 valence electrons. The van der Waals surface area contributed by atoms with Gasteiger partial charge in [-0.3, -0.25) is 14.5 Å². The lowest BCUT2D eigenvalue weighted by atomic mass is 9.88. The zero-order chi connectivity index (χ0) is 22.2. The fourth-order valence-electron chi connectivity index (χ4n) is 5.57. The van der Waals surface area contributed by atoms with Gasteiger partial charge in [0.15, 0.2) is 0 Å². The summed E-state index contributed by atoms with van der Waals surface area (Å²) in [7, 11) is 0. The van der Waals surface area contributed by atoms with Crippen LogP contribution in [-0.2, 0) is 17.9 Å². The molecule has 3 aliphatic rings. The number of carbonyl (C=O) groups is 1. The van der Waals surface area contributed by atoms with Gasteiger partial charge in [0.1, 0.15) is 0 Å². The third-order valence-electron chi connectivity index (χ3n) is 7.31. The molecule has 0 unspecified atom stereocenters. The highest BCUT2D eigenvalue weighted by molar-refractivity contribution is 5.83. The standard InChI is InChI=1S/C26H31N3O3/c1-2-6-19-11-12-22-23-20(15-28(22)26(19)32)21(16-30)24(25(31)27-13-17-9-10-17)29(23)14-18-7-4-3-5-8-18/h2-8,11-12,17,20-21,23-24,30H,9-10,13-16H2,1H3,(H,27,31)/b6-2+/t20-,21-,23+,24-/m0/s1. The van der Waals surface area contributed by atoms with Gasteiger partial charge < -0.3 is 15.0 Å². The maximum Gasteiger partial charge on any atom is 0.258 e. The van der Waals surface area contributed by atoms with Crippen molar-refractivity contribution in [2.75, 3.05) is 13.2 Å². The molecule has 5 rings (SSSR count). The number of pyridine rings is 1. The maximum atomic E-state index is 13.4. The summed E-state index contributed by atoms with van der Waals surface area (Å²) in [4.78, 5) is 28.7. The van der Waals surface area contributed by atoms with Crippen LogP contribution in [-0.4, -0.2) is 39.7 Å². The number of benzene rings is 1. The third kappa shape index (κ3) is 3.71. The number of aliphatic hydroxyl groups excluding tert-OH is 1. The predicted octanol–water partition coefficient (Wildman–Crippen LogP) is 2.57. The van der Waals surface area contributed by atoms with E-state index in [2.05, 4.69) is 22.3 Å². The number of hydrogen-bond acceptors (Lipinski definition) is 4. The number of carbonyl (C=O) groups excluding carboxylic acids is 1. The van der Waals surface area contributed by atoms with E-state index in [9.17, 15) is 14.7 Å². The van der Waals surface area contributed by atoms with Gasteiger partial charge in [0, 0.05) is 49.3 Å². The first-order valence-corrected chi connectivity index (χ1v) is 11.7. The zero-order valence-electron chi connectivity index (χ0n) is 18.5. The molecule has 1 aromatic heterocycles. The summed E-state index contributed by atoms with van der Waals surface area (Å²) < 4.78 is 1.85. The summed E-state index contributed by atoms with van der Waals surface area (Å²) in [5, 5.41) is 13.5. The molecule has 2 aliphatic heterocycles. The van der Waals surface area contributed by atoms with Gasteiger partial charge in [-0.2, -0.15) is 0 Å². The van der Waals surface area contributed by atoms with Crippen LogP contribution < -0.4 is 10.9 Å². The molecular formula is C26H31N3O3. The van der Waals surface area contributed by atoms with Gasteiger partial charge in [-0.1, -0.05) is 42.5 Å². The van der Waals surface area contributed by atoms with Crippen molar-refractivity contribution >= 4 is 12.0 Å². The van der Waals surface area contributed by atoms with Crippen LogP contribution in [0.15, 0.2) is 53.3 Å². The lowest BCUT2D eigenvalue weighted by Gasteiger charge is -2.31. The number of fused-ring (bicyclic) bond motifs is 3. The Balaban J connectivity index is 1.53. The Morgan fingerprint density at radius 3 is 2.66 bits per heavy atom. The molecule has 0 spiro atoms. The number of likely N-dealkylation sites (tertiary alicyclic amines) is 1. The molecule has 4 atom stereocenters. The smallest absolute Gasteiger partial charge is 0.258 e. The second kappa shape index (κ2) is 8.68. The van der Waals surface area contributed by atoms with Crippen LogP contribution in [0.2, 0.25) is 0 Å². The van der Waals surface area contributed by atoms with Crippen LogP contribution >= 0.6 is 0 Å². The van der Waals surface area contributed by atoms with Gasteiger partial charge in [-0.15, -0.1) is 0 Å². The van der Waals surface area contributed by atoms with E-state index < -0.39 is 6.04 Å². The molecule has 2 fully saturated rings. The Hall–Kier alpha value is -2.70. The molecule has 1 aromatic carbocycles. The Morgan fingerprint density at radius 1 is 1.19 bits per heavy atom. The predicted molar refractivity (Wildman–Crippen MR) is 124 cm³/mol. The van der Waals surface area contributed by atoms with E-state index in [0.29, 0.717) is 31.1 Å². The number of aromatic nitrogens is 1. The lowest BCUT2D eigenvalue weighted by molar-refractivity contribution is -0.128. The van der Waals surface area contributed by atoms with Crippen LogP contribution in [0.1, 0.15) is 42.6 Å².